The van der Waals surface area contributed by atoms with Gasteiger partial charge in [-0.05, 0) is 18.8 Å². The van der Waals surface area contributed by atoms with Crippen LogP contribution in [0.5, 0.6) is 0 Å². The molecule has 5 heteroatoms. The van der Waals surface area contributed by atoms with Crippen molar-refractivity contribution in [3.05, 3.63) is 0 Å². The second-order valence-corrected chi connectivity index (χ2v) is 4.81. The molecule has 0 bridgehead atoms. The minimum absolute atomic E-state index is 0.214. The molecule has 1 unspecified atom stereocenters. The van der Waals surface area contributed by atoms with Crippen LogP contribution in [-0.4, -0.2) is 61.5 Å². The first-order valence-electron chi connectivity index (χ1n) is 6.34. The lowest BCUT2D eigenvalue weighted by atomic mass is 9.98. The molecule has 96 valence electrons. The Kier molecular flexibility index (Phi) is 4.36. The molecule has 2 heterocycles. The zero-order valence-electron chi connectivity index (χ0n) is 10.1. The summed E-state index contributed by atoms with van der Waals surface area (Å²) < 4.78 is 5.38. The molecular weight excluding hydrogens is 220 g/mol. The molecule has 0 spiro atoms. The summed E-state index contributed by atoms with van der Waals surface area (Å²) in [6, 6.07) is 0. The van der Waals surface area contributed by atoms with Gasteiger partial charge in [0.1, 0.15) is 0 Å². The Morgan fingerprint density at radius 3 is 2.65 bits per heavy atom. The summed E-state index contributed by atoms with van der Waals surface area (Å²) in [5.41, 5.74) is 0. The van der Waals surface area contributed by atoms with E-state index in [1.165, 1.54) is 0 Å². The number of rotatable bonds is 3. The molecule has 0 N–H and O–H groups in total. The second-order valence-electron chi connectivity index (χ2n) is 4.81. The van der Waals surface area contributed by atoms with Gasteiger partial charge in [0.15, 0.2) is 0 Å². The summed E-state index contributed by atoms with van der Waals surface area (Å²) in [7, 11) is 0. The van der Waals surface area contributed by atoms with Crippen molar-refractivity contribution in [1.29, 1.82) is 0 Å². The fourth-order valence-electron chi connectivity index (χ4n) is 2.42. The standard InChI is InChI=1S/C12H20N2O3/c15-10-13-3-5-14(6-4-13)12(16)8-11-2-1-7-17-9-11/h10-11H,1-9H2. The van der Waals surface area contributed by atoms with Crippen LogP contribution in [0.25, 0.3) is 0 Å². The molecule has 2 saturated heterocycles. The minimum atomic E-state index is 0.214. The van der Waals surface area contributed by atoms with E-state index in [-0.39, 0.29) is 5.91 Å². The van der Waals surface area contributed by atoms with E-state index in [2.05, 4.69) is 0 Å². The van der Waals surface area contributed by atoms with Crippen LogP contribution < -0.4 is 0 Å². The summed E-state index contributed by atoms with van der Waals surface area (Å²) in [5, 5.41) is 0. The van der Waals surface area contributed by atoms with E-state index >= 15 is 0 Å². The molecule has 0 aliphatic carbocycles. The molecule has 2 fully saturated rings. The average Bonchev–Trinajstić information content (AvgIpc) is 2.40. The van der Waals surface area contributed by atoms with Crippen LogP contribution in [0.3, 0.4) is 0 Å². The Balaban J connectivity index is 1.74. The monoisotopic (exact) mass is 240 g/mol. The molecule has 0 radical (unpaired) electrons. The van der Waals surface area contributed by atoms with Crippen LogP contribution in [0.1, 0.15) is 19.3 Å². The highest BCUT2D eigenvalue weighted by Crippen LogP contribution is 2.18. The van der Waals surface area contributed by atoms with Crippen molar-refractivity contribution in [2.45, 2.75) is 19.3 Å². The topological polar surface area (TPSA) is 49.9 Å². The third-order valence-corrected chi connectivity index (χ3v) is 3.53. The van der Waals surface area contributed by atoms with Gasteiger partial charge in [0.2, 0.25) is 12.3 Å². The van der Waals surface area contributed by atoms with E-state index < -0.39 is 0 Å². The van der Waals surface area contributed by atoms with Gasteiger partial charge in [0.25, 0.3) is 0 Å². The van der Waals surface area contributed by atoms with E-state index in [4.69, 9.17) is 4.74 Å². The number of ether oxygens (including phenoxy) is 1. The van der Waals surface area contributed by atoms with Gasteiger partial charge in [-0.2, -0.15) is 0 Å². The van der Waals surface area contributed by atoms with Crippen LogP contribution >= 0.6 is 0 Å². The number of hydrogen-bond donors (Lipinski definition) is 0. The summed E-state index contributed by atoms with van der Waals surface area (Å²) in [6.07, 6.45) is 3.62. The van der Waals surface area contributed by atoms with Crippen molar-refractivity contribution < 1.29 is 14.3 Å². The normalized spacial score (nSPS) is 25.8. The largest absolute Gasteiger partial charge is 0.381 e. The van der Waals surface area contributed by atoms with Gasteiger partial charge in [-0.3, -0.25) is 9.59 Å². The maximum Gasteiger partial charge on any atom is 0.223 e. The Hall–Kier alpha value is -1.10. The number of piperazine rings is 1. The molecule has 2 aliphatic heterocycles. The Morgan fingerprint density at radius 1 is 1.29 bits per heavy atom. The van der Waals surface area contributed by atoms with Gasteiger partial charge in [0, 0.05) is 45.8 Å². The molecule has 0 aromatic carbocycles. The van der Waals surface area contributed by atoms with Gasteiger partial charge >= 0.3 is 0 Å². The van der Waals surface area contributed by atoms with Crippen LogP contribution in [0, 0.1) is 5.92 Å². The quantitative estimate of drug-likeness (QED) is 0.658. The van der Waals surface area contributed by atoms with Gasteiger partial charge in [-0.1, -0.05) is 0 Å². The smallest absolute Gasteiger partial charge is 0.223 e. The molecule has 2 amide bonds. The Bertz CT molecular complexity index is 269. The fraction of sp³-hybridized carbons (Fsp3) is 0.833. The molecule has 0 aromatic rings. The first-order valence-corrected chi connectivity index (χ1v) is 6.34. The SMILES string of the molecule is O=CN1CCN(C(=O)CC2CCCOC2)CC1. The molecule has 5 nitrogen and oxygen atoms in total. The molecule has 2 aliphatic rings. The van der Waals surface area contributed by atoms with Gasteiger partial charge < -0.3 is 14.5 Å². The van der Waals surface area contributed by atoms with E-state index in [9.17, 15) is 9.59 Å². The average molecular weight is 240 g/mol. The van der Waals surface area contributed by atoms with Crippen molar-refractivity contribution in [3.8, 4) is 0 Å². The zero-order valence-corrected chi connectivity index (χ0v) is 10.1. The highest BCUT2D eigenvalue weighted by molar-refractivity contribution is 5.76. The first-order chi connectivity index (χ1) is 8.29. The third-order valence-electron chi connectivity index (χ3n) is 3.53. The predicted molar refractivity (Wildman–Crippen MR) is 62.4 cm³/mol. The number of hydrogen-bond acceptors (Lipinski definition) is 3. The summed E-state index contributed by atoms with van der Waals surface area (Å²) >= 11 is 0. The van der Waals surface area contributed by atoms with E-state index in [0.29, 0.717) is 38.5 Å². The van der Waals surface area contributed by atoms with Gasteiger partial charge in [0.05, 0.1) is 0 Å². The van der Waals surface area contributed by atoms with E-state index in [1.54, 1.807) is 4.90 Å². The second kappa shape index (κ2) is 6.00. The van der Waals surface area contributed by atoms with Crippen LogP contribution in [0.2, 0.25) is 0 Å². The van der Waals surface area contributed by atoms with Crippen LogP contribution in [-0.2, 0) is 14.3 Å². The Morgan fingerprint density at radius 2 is 2.06 bits per heavy atom. The summed E-state index contributed by atoms with van der Waals surface area (Å²) in [5.74, 6) is 0.603. The van der Waals surface area contributed by atoms with Crippen molar-refractivity contribution in [1.82, 2.24) is 9.80 Å². The number of carbonyl (C=O) groups excluding carboxylic acids is 2. The van der Waals surface area contributed by atoms with Crippen molar-refractivity contribution in [2.24, 2.45) is 5.92 Å². The zero-order chi connectivity index (χ0) is 12.1. The Labute approximate surface area is 102 Å². The minimum Gasteiger partial charge on any atom is -0.381 e. The maximum atomic E-state index is 12.0. The highest BCUT2D eigenvalue weighted by atomic mass is 16.5. The lowest BCUT2D eigenvalue weighted by Crippen LogP contribution is -2.48. The van der Waals surface area contributed by atoms with Gasteiger partial charge in [-0.15, -0.1) is 0 Å². The molecular formula is C12H20N2O3. The lowest BCUT2D eigenvalue weighted by molar-refractivity contribution is -0.137. The van der Waals surface area contributed by atoms with E-state index in [1.807, 2.05) is 4.90 Å². The number of carbonyl (C=O) groups is 2. The number of nitrogens with zero attached hydrogens (tertiary/aromatic N) is 2. The molecule has 0 saturated carbocycles. The maximum absolute atomic E-state index is 12.0. The van der Waals surface area contributed by atoms with Crippen molar-refractivity contribution in [2.75, 3.05) is 39.4 Å². The van der Waals surface area contributed by atoms with E-state index in [0.717, 1.165) is 32.5 Å². The molecule has 2 rings (SSSR count). The highest BCUT2D eigenvalue weighted by Gasteiger charge is 2.24. The van der Waals surface area contributed by atoms with Crippen LogP contribution in [0.15, 0.2) is 0 Å². The van der Waals surface area contributed by atoms with Crippen molar-refractivity contribution >= 4 is 12.3 Å². The fourth-order valence-corrected chi connectivity index (χ4v) is 2.42. The van der Waals surface area contributed by atoms with Crippen LogP contribution in [0.4, 0.5) is 0 Å². The predicted octanol–water partition coefficient (Wildman–Crippen LogP) is 0.104. The lowest BCUT2D eigenvalue weighted by Gasteiger charge is -2.33. The summed E-state index contributed by atoms with van der Waals surface area (Å²) in [4.78, 5) is 26.2. The third kappa shape index (κ3) is 3.43. The summed E-state index contributed by atoms with van der Waals surface area (Å²) in [6.45, 7) is 4.23. The molecule has 0 aromatic heterocycles. The molecule has 17 heavy (non-hydrogen) atoms. The molecule has 1 atom stereocenters. The van der Waals surface area contributed by atoms with Crippen molar-refractivity contribution in [3.63, 3.8) is 0 Å². The first kappa shape index (κ1) is 12.4. The number of amides is 2. The van der Waals surface area contributed by atoms with Gasteiger partial charge in [-0.25, -0.2) is 0 Å².